The Morgan fingerprint density at radius 2 is 1.23 bits per heavy atom. The van der Waals surface area contributed by atoms with Crippen LogP contribution < -0.4 is 71.6 Å². The molecule has 0 spiro atoms. The second-order valence-electron chi connectivity index (χ2n) is 16.9. The van der Waals surface area contributed by atoms with Crippen LogP contribution in [0.5, 0.6) is 0 Å². The predicted molar refractivity (Wildman–Crippen MR) is 246 cm³/mol. The number of nitrogens with two attached hydrogens (primary N) is 6. The smallest absolute Gasteiger partial charge is 0.244 e. The highest BCUT2D eigenvalue weighted by molar-refractivity contribution is 8.77. The second kappa shape index (κ2) is 26.4. The van der Waals surface area contributed by atoms with E-state index in [1.165, 1.54) is 21.6 Å². The molecule has 0 aromatic carbocycles. The van der Waals surface area contributed by atoms with Gasteiger partial charge in [-0.1, -0.05) is 53.7 Å². The van der Waals surface area contributed by atoms with Gasteiger partial charge in [-0.05, 0) is 64.7 Å². The molecule has 3 aliphatic rings. The molecule has 1 aliphatic carbocycles. The average Bonchev–Trinajstić information content (AvgIpc) is 3.68. The first-order chi connectivity index (χ1) is 30.7. The highest BCUT2D eigenvalue weighted by Crippen LogP contribution is 2.40. The van der Waals surface area contributed by atoms with Crippen LogP contribution in [0, 0.1) is 5.92 Å². The second-order valence-corrected chi connectivity index (χ2v) is 19.9. The number of aliphatic imine (C=N–C) groups is 2. The van der Waals surface area contributed by atoms with Crippen LogP contribution in [0.3, 0.4) is 0 Å². The summed E-state index contributed by atoms with van der Waals surface area (Å²) in [6, 6.07) is -8.27. The lowest BCUT2D eigenvalue weighted by Gasteiger charge is -2.37. The third-order valence-electron chi connectivity index (χ3n) is 11.1. The van der Waals surface area contributed by atoms with Crippen LogP contribution in [0.2, 0.25) is 0 Å². The van der Waals surface area contributed by atoms with Crippen molar-refractivity contribution >= 4 is 86.7 Å². The fourth-order valence-electron chi connectivity index (χ4n) is 7.54. The molecule has 7 atom stereocenters. The van der Waals surface area contributed by atoms with Gasteiger partial charge in [0.1, 0.15) is 42.3 Å². The number of carbonyl (C=O) groups is 9. The van der Waals surface area contributed by atoms with Crippen molar-refractivity contribution < 1.29 is 43.2 Å². The molecule has 24 nitrogen and oxygen atoms in total. The van der Waals surface area contributed by atoms with Crippen LogP contribution in [0.4, 0.5) is 0 Å². The zero-order chi connectivity index (χ0) is 48.3. The SMILES string of the molecule is CC1(C)SSC[C@@H](C(N)=O)NC(=O)[C@H]1NC(=O)[C@H](CC1CCCCC1)NC(=O)[C@H](CCC(N)=O)NC(=O)[C@@H](CCCN=C(N)N)NC(=O)[C@@H](CCCN=C(N)N)NC(=O)[C@@H]1CCC(=O)N1. The van der Waals surface area contributed by atoms with E-state index in [0.717, 1.165) is 32.1 Å². The minimum atomic E-state index is -1.46. The van der Waals surface area contributed by atoms with Crippen LogP contribution >= 0.6 is 21.6 Å². The van der Waals surface area contributed by atoms with E-state index < -0.39 is 94.3 Å². The highest BCUT2D eigenvalue weighted by atomic mass is 33.1. The molecule has 0 bridgehead atoms. The molecule has 1 saturated carbocycles. The van der Waals surface area contributed by atoms with Crippen molar-refractivity contribution in [2.24, 2.45) is 50.3 Å². The summed E-state index contributed by atoms with van der Waals surface area (Å²) in [6.07, 6.45) is 4.65. The average molecular weight is 954 g/mol. The molecule has 364 valence electrons. The molecule has 65 heavy (non-hydrogen) atoms. The zero-order valence-corrected chi connectivity index (χ0v) is 38.6. The van der Waals surface area contributed by atoms with Gasteiger partial charge in [0.15, 0.2) is 11.9 Å². The molecule has 0 unspecified atom stereocenters. The standard InChI is InChI=1S/C39H67N15O9S2/c1-39(2)29(36(63)53-26(30(41)57)19-64-65-39)54-35(62)25(18-20-8-4-3-5-9-20)52-34(61)24(12-14-27(40)55)51-32(59)22(11-7-17-47-38(44)45)49-31(58)21(10-6-16-46-37(42)43)50-33(60)23-13-15-28(56)48-23/h20-26,29H,3-19H2,1-2H3,(H2,40,55)(H2,41,57)(H,48,56)(H,49,58)(H,50,60)(H,51,59)(H,52,61)(H,53,63)(H,54,62)(H4,42,43,46)(H4,44,45,47)/t21-,22-,23+,24+,25+,26+,29-/m1/s1. The molecule has 26 heteroatoms. The third kappa shape index (κ3) is 18.8. The van der Waals surface area contributed by atoms with Crippen molar-refractivity contribution in [3.8, 4) is 0 Å². The summed E-state index contributed by atoms with van der Waals surface area (Å²) >= 11 is 0. The number of hydrogen-bond acceptors (Lipinski definition) is 13. The Morgan fingerprint density at radius 3 is 1.74 bits per heavy atom. The molecule has 2 heterocycles. The van der Waals surface area contributed by atoms with E-state index in [4.69, 9.17) is 34.4 Å². The molecular weight excluding hydrogens is 887 g/mol. The summed E-state index contributed by atoms with van der Waals surface area (Å²) in [5, 5.41) is 18.6. The van der Waals surface area contributed by atoms with E-state index in [1.807, 2.05) is 0 Å². The number of primary amides is 2. The molecular formula is C39H67N15O9S2. The number of nitrogens with one attached hydrogen (secondary N) is 7. The van der Waals surface area contributed by atoms with E-state index >= 15 is 0 Å². The van der Waals surface area contributed by atoms with Crippen LogP contribution in [0.25, 0.3) is 0 Å². The van der Waals surface area contributed by atoms with Crippen molar-refractivity contribution in [3.63, 3.8) is 0 Å². The fourth-order valence-corrected chi connectivity index (χ4v) is 10.4. The maximum atomic E-state index is 14.3. The van der Waals surface area contributed by atoms with Crippen molar-refractivity contribution in [2.75, 3.05) is 18.8 Å². The molecule has 0 aromatic heterocycles. The molecule has 9 amide bonds. The molecule has 0 aromatic rings. The summed E-state index contributed by atoms with van der Waals surface area (Å²) < 4.78 is -0.883. The van der Waals surface area contributed by atoms with Gasteiger partial charge in [0.25, 0.3) is 0 Å². The summed E-state index contributed by atoms with van der Waals surface area (Å²) in [5.74, 6) is -6.40. The topological polar surface area (TPSA) is 419 Å². The van der Waals surface area contributed by atoms with E-state index in [2.05, 4.69) is 47.2 Å². The molecule has 3 fully saturated rings. The first kappa shape index (κ1) is 53.8. The van der Waals surface area contributed by atoms with Gasteiger partial charge in [0.05, 0.1) is 0 Å². The van der Waals surface area contributed by atoms with Crippen LogP contribution in [0.15, 0.2) is 9.98 Å². The van der Waals surface area contributed by atoms with E-state index in [1.54, 1.807) is 13.8 Å². The number of amides is 9. The predicted octanol–water partition coefficient (Wildman–Crippen LogP) is -3.82. The summed E-state index contributed by atoms with van der Waals surface area (Å²) in [5.41, 5.74) is 32.9. The Morgan fingerprint density at radius 1 is 0.692 bits per heavy atom. The van der Waals surface area contributed by atoms with Gasteiger partial charge in [-0.2, -0.15) is 0 Å². The van der Waals surface area contributed by atoms with Crippen LogP contribution in [-0.4, -0.2) is 131 Å². The number of carbonyl (C=O) groups excluding carboxylic acids is 9. The van der Waals surface area contributed by atoms with Gasteiger partial charge in [-0.15, -0.1) is 0 Å². The van der Waals surface area contributed by atoms with Gasteiger partial charge in [0, 0.05) is 36.4 Å². The molecule has 0 radical (unpaired) electrons. The number of guanidine groups is 2. The van der Waals surface area contributed by atoms with Gasteiger partial charge in [-0.25, -0.2) is 0 Å². The maximum absolute atomic E-state index is 14.3. The molecule has 2 aliphatic heterocycles. The highest BCUT2D eigenvalue weighted by Gasteiger charge is 2.43. The molecule has 3 rings (SSSR count). The van der Waals surface area contributed by atoms with Crippen molar-refractivity contribution in [1.82, 2.24) is 37.2 Å². The number of rotatable bonds is 24. The number of nitrogens with zero attached hydrogens (tertiary/aromatic N) is 2. The minimum Gasteiger partial charge on any atom is -0.370 e. The Kier molecular flexibility index (Phi) is 21.9. The van der Waals surface area contributed by atoms with Crippen LogP contribution in [-0.2, 0) is 43.2 Å². The Hall–Kier alpha value is -5.53. The van der Waals surface area contributed by atoms with E-state index in [9.17, 15) is 43.2 Å². The normalized spacial score (nSPS) is 21.5. The van der Waals surface area contributed by atoms with Crippen molar-refractivity contribution in [2.45, 2.75) is 151 Å². The lowest BCUT2D eigenvalue weighted by Crippen LogP contribution is -2.63. The van der Waals surface area contributed by atoms with Crippen molar-refractivity contribution in [3.05, 3.63) is 0 Å². The lowest BCUT2D eigenvalue weighted by atomic mass is 9.84. The monoisotopic (exact) mass is 953 g/mol. The van der Waals surface area contributed by atoms with E-state index in [0.29, 0.717) is 0 Å². The Bertz CT molecular complexity index is 1790. The first-order valence-corrected chi connectivity index (χ1v) is 24.1. The molecule has 19 N–H and O–H groups in total. The summed E-state index contributed by atoms with van der Waals surface area (Å²) in [7, 11) is 2.61. The van der Waals surface area contributed by atoms with Crippen molar-refractivity contribution in [1.29, 1.82) is 0 Å². The zero-order valence-electron chi connectivity index (χ0n) is 37.0. The summed E-state index contributed by atoms with van der Waals surface area (Å²) in [6.45, 7) is 3.69. The Balaban J connectivity index is 1.90. The van der Waals surface area contributed by atoms with Crippen LogP contribution in [0.1, 0.15) is 104 Å². The summed E-state index contributed by atoms with van der Waals surface area (Å²) in [4.78, 5) is 127. The lowest BCUT2D eigenvalue weighted by molar-refractivity contribution is -0.136. The fraction of sp³-hybridized carbons (Fsp3) is 0.718. The van der Waals surface area contributed by atoms with Gasteiger partial charge in [-0.3, -0.25) is 53.1 Å². The third-order valence-corrected chi connectivity index (χ3v) is 14.4. The van der Waals surface area contributed by atoms with Gasteiger partial charge in [0.2, 0.25) is 53.2 Å². The van der Waals surface area contributed by atoms with E-state index in [-0.39, 0.29) is 100 Å². The quantitative estimate of drug-likeness (QED) is 0.0191. The van der Waals surface area contributed by atoms with Gasteiger partial charge >= 0.3 is 0 Å². The number of hydrogen-bond donors (Lipinski definition) is 13. The largest absolute Gasteiger partial charge is 0.370 e. The van der Waals surface area contributed by atoms with Gasteiger partial charge < -0.3 is 71.6 Å². The minimum absolute atomic E-state index is 0.0222. The Labute approximate surface area is 385 Å². The maximum Gasteiger partial charge on any atom is 0.244 e. The first-order valence-electron chi connectivity index (χ1n) is 21.8. The molecule has 2 saturated heterocycles.